The van der Waals surface area contributed by atoms with Gasteiger partial charge in [0.15, 0.2) is 11.5 Å². The zero-order valence-corrected chi connectivity index (χ0v) is 19.3. The Hall–Kier alpha value is -4.46. The average molecular weight is 462 g/mol. The third-order valence-corrected chi connectivity index (χ3v) is 5.04. The lowest BCUT2D eigenvalue weighted by molar-refractivity contribution is -0.117. The molecule has 3 aromatic carbocycles. The Bertz CT molecular complexity index is 1190. The zero-order valence-electron chi connectivity index (χ0n) is 19.3. The minimum Gasteiger partial charge on any atom is -0.497 e. The van der Waals surface area contributed by atoms with E-state index in [-0.39, 0.29) is 12.2 Å². The number of nitrogen functional groups attached to an aromatic ring is 1. The van der Waals surface area contributed by atoms with Crippen molar-refractivity contribution in [2.45, 2.75) is 6.54 Å². The Kier molecular flexibility index (Phi) is 8.12. The van der Waals surface area contributed by atoms with Gasteiger partial charge in [-0.1, -0.05) is 36.4 Å². The number of anilines is 1. The molecule has 0 radical (unpaired) electrons. The van der Waals surface area contributed by atoms with Gasteiger partial charge >= 0.3 is 0 Å². The number of methoxy groups -OCH3 is 3. The molecule has 0 bridgehead atoms. The maximum absolute atomic E-state index is 13.2. The molecular formula is C26H27N3O5. The summed E-state index contributed by atoms with van der Waals surface area (Å²) < 4.78 is 16.2. The first-order chi connectivity index (χ1) is 16.5. The van der Waals surface area contributed by atoms with Crippen molar-refractivity contribution in [2.75, 3.05) is 27.1 Å². The molecule has 8 nitrogen and oxygen atoms in total. The van der Waals surface area contributed by atoms with Gasteiger partial charge in [-0.15, -0.1) is 0 Å². The largest absolute Gasteiger partial charge is 0.497 e. The van der Waals surface area contributed by atoms with Crippen molar-refractivity contribution < 1.29 is 23.8 Å². The highest BCUT2D eigenvalue weighted by Gasteiger charge is 2.18. The van der Waals surface area contributed by atoms with E-state index in [1.165, 1.54) is 27.4 Å². The number of carbonyl (C=O) groups excluding carboxylic acids is 2. The zero-order chi connectivity index (χ0) is 24.5. The van der Waals surface area contributed by atoms with Crippen LogP contribution < -0.4 is 30.6 Å². The molecule has 2 amide bonds. The topological polar surface area (TPSA) is 112 Å². The van der Waals surface area contributed by atoms with Gasteiger partial charge in [-0.25, -0.2) is 0 Å². The summed E-state index contributed by atoms with van der Waals surface area (Å²) in [5.41, 5.74) is 8.20. The molecule has 0 saturated carbocycles. The van der Waals surface area contributed by atoms with Gasteiger partial charge in [0.1, 0.15) is 11.4 Å². The normalized spacial score (nSPS) is 10.9. The van der Waals surface area contributed by atoms with Gasteiger partial charge in [-0.2, -0.15) is 0 Å². The lowest BCUT2D eigenvalue weighted by atomic mass is 10.1. The molecular weight excluding hydrogens is 434 g/mol. The molecule has 0 unspecified atom stereocenters. The number of carbonyl (C=O) groups is 2. The van der Waals surface area contributed by atoms with Crippen LogP contribution in [0.1, 0.15) is 21.5 Å². The number of hydrogen-bond acceptors (Lipinski definition) is 6. The first-order valence-corrected chi connectivity index (χ1v) is 10.5. The van der Waals surface area contributed by atoms with E-state index >= 15 is 0 Å². The maximum atomic E-state index is 13.2. The third-order valence-electron chi connectivity index (χ3n) is 5.04. The van der Waals surface area contributed by atoms with Crippen LogP contribution >= 0.6 is 0 Å². The molecule has 0 spiro atoms. The summed E-state index contributed by atoms with van der Waals surface area (Å²) in [5.74, 6) is 0.357. The molecule has 0 heterocycles. The first kappa shape index (κ1) is 24.2. The smallest absolute Gasteiger partial charge is 0.268 e. The monoisotopic (exact) mass is 461 g/mol. The predicted octanol–water partition coefficient (Wildman–Crippen LogP) is 3.38. The number of benzene rings is 3. The van der Waals surface area contributed by atoms with E-state index in [1.807, 2.05) is 18.2 Å². The summed E-state index contributed by atoms with van der Waals surface area (Å²) in [7, 11) is 4.51. The number of nitrogens with two attached hydrogens (primary N) is 1. The van der Waals surface area contributed by atoms with E-state index in [1.54, 1.807) is 48.5 Å². The molecule has 0 saturated heterocycles. The highest BCUT2D eigenvalue weighted by molar-refractivity contribution is 6.05. The van der Waals surface area contributed by atoms with E-state index < -0.39 is 11.8 Å². The van der Waals surface area contributed by atoms with E-state index in [9.17, 15) is 9.59 Å². The Morgan fingerprint density at radius 1 is 0.912 bits per heavy atom. The van der Waals surface area contributed by atoms with Crippen molar-refractivity contribution in [3.8, 4) is 17.2 Å². The average Bonchev–Trinajstić information content (AvgIpc) is 2.87. The van der Waals surface area contributed by atoms with Gasteiger partial charge in [-0.05, 0) is 35.9 Å². The molecule has 0 aromatic heterocycles. The van der Waals surface area contributed by atoms with Gasteiger partial charge in [0, 0.05) is 29.4 Å². The van der Waals surface area contributed by atoms with Crippen LogP contribution in [-0.4, -0.2) is 33.1 Å². The quantitative estimate of drug-likeness (QED) is 0.333. The van der Waals surface area contributed by atoms with Crippen molar-refractivity contribution >= 4 is 23.6 Å². The van der Waals surface area contributed by atoms with Crippen LogP contribution in [0.25, 0.3) is 6.08 Å². The summed E-state index contributed by atoms with van der Waals surface area (Å²) in [4.78, 5) is 26.0. The Balaban J connectivity index is 1.99. The number of amides is 2. The number of hydrogen-bond donors (Lipinski definition) is 3. The van der Waals surface area contributed by atoms with Crippen molar-refractivity contribution in [1.29, 1.82) is 0 Å². The second kappa shape index (κ2) is 11.4. The van der Waals surface area contributed by atoms with Crippen LogP contribution in [0.5, 0.6) is 17.2 Å². The summed E-state index contributed by atoms with van der Waals surface area (Å²) in [6, 6.07) is 19.2. The van der Waals surface area contributed by atoms with Crippen LogP contribution in [0.15, 0.2) is 72.4 Å². The van der Waals surface area contributed by atoms with Gasteiger partial charge in [0.2, 0.25) is 0 Å². The summed E-state index contributed by atoms with van der Waals surface area (Å²) in [5, 5.41) is 5.51. The van der Waals surface area contributed by atoms with E-state index in [2.05, 4.69) is 10.6 Å². The van der Waals surface area contributed by atoms with Crippen molar-refractivity contribution in [3.63, 3.8) is 0 Å². The SMILES string of the molecule is COc1cc(/C=C(\NC(=O)c2ccccc2)C(=O)NCc2ccccc2N)c(OC)c(OC)c1. The summed E-state index contributed by atoms with van der Waals surface area (Å²) in [6.45, 7) is 0.183. The van der Waals surface area contributed by atoms with Gasteiger partial charge < -0.3 is 30.6 Å². The molecule has 0 fully saturated rings. The predicted molar refractivity (Wildman–Crippen MR) is 131 cm³/mol. The van der Waals surface area contributed by atoms with Crippen molar-refractivity contribution in [2.24, 2.45) is 0 Å². The first-order valence-electron chi connectivity index (χ1n) is 10.5. The Morgan fingerprint density at radius 3 is 2.26 bits per heavy atom. The molecule has 0 atom stereocenters. The number of nitrogens with one attached hydrogen (secondary N) is 2. The van der Waals surface area contributed by atoms with Gasteiger partial charge in [0.05, 0.1) is 21.3 Å². The lowest BCUT2D eigenvalue weighted by Crippen LogP contribution is -2.34. The lowest BCUT2D eigenvalue weighted by Gasteiger charge is -2.15. The fourth-order valence-electron chi connectivity index (χ4n) is 3.26. The van der Waals surface area contributed by atoms with Crippen LogP contribution in [-0.2, 0) is 11.3 Å². The summed E-state index contributed by atoms with van der Waals surface area (Å²) >= 11 is 0. The van der Waals surface area contributed by atoms with Crippen LogP contribution in [0.4, 0.5) is 5.69 Å². The van der Waals surface area contributed by atoms with Gasteiger partial charge in [0.25, 0.3) is 11.8 Å². The highest BCUT2D eigenvalue weighted by atomic mass is 16.5. The number of ether oxygens (including phenoxy) is 3. The number of rotatable bonds is 9. The minimum absolute atomic E-state index is 0.0111. The number of para-hydroxylation sites is 1. The van der Waals surface area contributed by atoms with Crippen LogP contribution in [0.2, 0.25) is 0 Å². The van der Waals surface area contributed by atoms with Crippen LogP contribution in [0.3, 0.4) is 0 Å². The molecule has 34 heavy (non-hydrogen) atoms. The van der Waals surface area contributed by atoms with Crippen LogP contribution in [0, 0.1) is 0 Å². The molecule has 3 rings (SSSR count). The molecule has 0 aliphatic heterocycles. The second-order valence-corrected chi connectivity index (χ2v) is 7.21. The second-order valence-electron chi connectivity index (χ2n) is 7.21. The molecule has 8 heteroatoms. The fourth-order valence-corrected chi connectivity index (χ4v) is 3.26. The van der Waals surface area contributed by atoms with E-state index in [4.69, 9.17) is 19.9 Å². The molecule has 4 N–H and O–H groups in total. The molecule has 0 aliphatic rings. The minimum atomic E-state index is -0.503. The summed E-state index contributed by atoms with van der Waals surface area (Å²) in [6.07, 6.45) is 1.51. The van der Waals surface area contributed by atoms with Gasteiger partial charge in [-0.3, -0.25) is 9.59 Å². The molecule has 176 valence electrons. The highest BCUT2D eigenvalue weighted by Crippen LogP contribution is 2.36. The van der Waals surface area contributed by atoms with Crippen molar-refractivity contribution in [1.82, 2.24) is 10.6 Å². The standard InChI is InChI=1S/C26H27N3O5/c1-32-20-13-19(24(34-3)23(15-20)33-2)14-22(29-25(30)17-9-5-4-6-10-17)26(31)28-16-18-11-7-8-12-21(18)27/h4-15H,16,27H2,1-3H3,(H,28,31)(H,29,30)/b22-14-. The Morgan fingerprint density at radius 2 is 1.62 bits per heavy atom. The Labute approximate surface area is 198 Å². The maximum Gasteiger partial charge on any atom is 0.268 e. The molecule has 3 aromatic rings. The van der Waals surface area contributed by atoms with E-state index in [0.29, 0.717) is 34.1 Å². The third kappa shape index (κ3) is 5.86. The molecule has 0 aliphatic carbocycles. The van der Waals surface area contributed by atoms with Crippen molar-refractivity contribution in [3.05, 3.63) is 89.1 Å². The van der Waals surface area contributed by atoms with E-state index in [0.717, 1.165) is 5.56 Å². The fraction of sp³-hybridized carbons (Fsp3) is 0.154.